The number of hydrogen-bond acceptors (Lipinski definition) is 2. The van der Waals surface area contributed by atoms with Crippen molar-refractivity contribution in [2.45, 2.75) is 27.2 Å². The van der Waals surface area contributed by atoms with Gasteiger partial charge in [0.1, 0.15) is 0 Å². The second-order valence-corrected chi connectivity index (χ2v) is 4.62. The van der Waals surface area contributed by atoms with Gasteiger partial charge in [-0.1, -0.05) is 20.8 Å². The number of aliphatic hydroxyl groups is 1. The highest BCUT2D eigenvalue weighted by Crippen LogP contribution is 2.42. The maximum Gasteiger partial charge on any atom is 0.0505 e. The first-order chi connectivity index (χ1) is 5.02. The van der Waals surface area contributed by atoms with Gasteiger partial charge in [0.05, 0.1) is 6.61 Å². The zero-order valence-corrected chi connectivity index (χ0v) is 7.78. The average Bonchev–Trinajstić information content (AvgIpc) is 2.33. The lowest BCUT2D eigenvalue weighted by molar-refractivity contribution is 0.0338. The molecule has 1 heterocycles. The summed E-state index contributed by atoms with van der Waals surface area (Å²) < 4.78 is 0. The van der Waals surface area contributed by atoms with Crippen molar-refractivity contribution in [2.24, 2.45) is 10.8 Å². The van der Waals surface area contributed by atoms with Crippen LogP contribution in [-0.2, 0) is 0 Å². The molecule has 0 bridgehead atoms. The van der Waals surface area contributed by atoms with Crippen LogP contribution in [0.5, 0.6) is 0 Å². The van der Waals surface area contributed by atoms with Gasteiger partial charge in [-0.25, -0.2) is 0 Å². The molecule has 1 fully saturated rings. The number of nitrogens with one attached hydrogen (secondary N) is 1. The van der Waals surface area contributed by atoms with E-state index in [1.54, 1.807) is 0 Å². The Hall–Kier alpha value is -0.0800. The van der Waals surface area contributed by atoms with Gasteiger partial charge in [0, 0.05) is 12.0 Å². The third-order valence-electron chi connectivity index (χ3n) is 3.14. The van der Waals surface area contributed by atoms with Crippen LogP contribution >= 0.6 is 0 Å². The minimum absolute atomic E-state index is 0.118. The summed E-state index contributed by atoms with van der Waals surface area (Å²) in [6.45, 7) is 8.94. The molecule has 1 aliphatic rings. The predicted molar refractivity (Wildman–Crippen MR) is 46.5 cm³/mol. The fraction of sp³-hybridized carbons (Fsp3) is 1.00. The van der Waals surface area contributed by atoms with Crippen molar-refractivity contribution in [3.05, 3.63) is 0 Å². The quantitative estimate of drug-likeness (QED) is 0.595. The Morgan fingerprint density at radius 3 is 2.27 bits per heavy atom. The fourth-order valence-electron chi connectivity index (χ4n) is 1.76. The van der Waals surface area contributed by atoms with Gasteiger partial charge in [0.2, 0.25) is 0 Å². The number of hydrogen-bond donors (Lipinski definition) is 2. The van der Waals surface area contributed by atoms with Crippen molar-refractivity contribution in [1.29, 1.82) is 0 Å². The zero-order chi connectivity index (χ0) is 8.54. The van der Waals surface area contributed by atoms with Crippen LogP contribution in [0, 0.1) is 10.8 Å². The Morgan fingerprint density at radius 1 is 1.45 bits per heavy atom. The third kappa shape index (κ3) is 1.42. The molecule has 0 aromatic heterocycles. The Balaban J connectivity index is 2.75. The SMILES string of the molecule is CC(C)(C)C1(CO)CCNC1. The van der Waals surface area contributed by atoms with E-state index < -0.39 is 0 Å². The Labute approximate surface area is 69.0 Å². The van der Waals surface area contributed by atoms with Crippen LogP contribution in [0.4, 0.5) is 0 Å². The molecule has 2 nitrogen and oxygen atoms in total. The molecule has 1 saturated heterocycles. The maximum absolute atomic E-state index is 9.31. The van der Waals surface area contributed by atoms with Crippen molar-refractivity contribution < 1.29 is 5.11 Å². The van der Waals surface area contributed by atoms with Crippen molar-refractivity contribution in [2.75, 3.05) is 19.7 Å². The second-order valence-electron chi connectivity index (χ2n) is 4.62. The zero-order valence-electron chi connectivity index (χ0n) is 7.78. The molecule has 2 heteroatoms. The molecule has 11 heavy (non-hydrogen) atoms. The van der Waals surface area contributed by atoms with Crippen LogP contribution in [0.3, 0.4) is 0 Å². The average molecular weight is 157 g/mol. The lowest BCUT2D eigenvalue weighted by Crippen LogP contribution is -2.40. The van der Waals surface area contributed by atoms with Gasteiger partial charge in [-0.2, -0.15) is 0 Å². The van der Waals surface area contributed by atoms with E-state index in [-0.39, 0.29) is 10.8 Å². The first kappa shape index (κ1) is 9.01. The minimum Gasteiger partial charge on any atom is -0.396 e. The first-order valence-corrected chi connectivity index (χ1v) is 4.33. The van der Waals surface area contributed by atoms with Crippen LogP contribution < -0.4 is 5.32 Å². The Morgan fingerprint density at radius 2 is 2.09 bits per heavy atom. The van der Waals surface area contributed by atoms with Gasteiger partial charge in [0.25, 0.3) is 0 Å². The third-order valence-corrected chi connectivity index (χ3v) is 3.14. The van der Waals surface area contributed by atoms with Gasteiger partial charge >= 0.3 is 0 Å². The van der Waals surface area contributed by atoms with Crippen LogP contribution in [0.15, 0.2) is 0 Å². The van der Waals surface area contributed by atoms with Crippen LogP contribution in [0.1, 0.15) is 27.2 Å². The highest BCUT2D eigenvalue weighted by Gasteiger charge is 2.43. The van der Waals surface area contributed by atoms with Crippen molar-refractivity contribution in [3.8, 4) is 0 Å². The van der Waals surface area contributed by atoms with E-state index in [9.17, 15) is 5.11 Å². The molecule has 2 N–H and O–H groups in total. The molecule has 0 aliphatic carbocycles. The molecule has 0 aromatic rings. The van der Waals surface area contributed by atoms with Crippen molar-refractivity contribution >= 4 is 0 Å². The summed E-state index contributed by atoms with van der Waals surface area (Å²) in [6, 6.07) is 0. The molecule has 1 unspecified atom stereocenters. The standard InChI is InChI=1S/C9H19NO/c1-8(2,3)9(7-11)4-5-10-6-9/h10-11H,4-7H2,1-3H3. The topological polar surface area (TPSA) is 32.3 Å². The molecule has 1 atom stereocenters. The normalized spacial score (nSPS) is 32.7. The van der Waals surface area contributed by atoms with E-state index in [0.717, 1.165) is 19.5 Å². The van der Waals surface area contributed by atoms with Gasteiger partial charge in [-0.15, -0.1) is 0 Å². The summed E-state index contributed by atoms with van der Waals surface area (Å²) in [5.74, 6) is 0. The number of aliphatic hydroxyl groups excluding tert-OH is 1. The van der Waals surface area contributed by atoms with Gasteiger partial charge in [-0.3, -0.25) is 0 Å². The lowest BCUT2D eigenvalue weighted by Gasteiger charge is -2.39. The van der Waals surface area contributed by atoms with E-state index in [0.29, 0.717) is 6.61 Å². The highest BCUT2D eigenvalue weighted by molar-refractivity contribution is 4.95. The van der Waals surface area contributed by atoms with Crippen molar-refractivity contribution in [3.63, 3.8) is 0 Å². The van der Waals surface area contributed by atoms with E-state index in [1.807, 2.05) is 0 Å². The molecular formula is C9H19NO. The molecule has 0 aromatic carbocycles. The molecule has 0 saturated carbocycles. The molecular weight excluding hydrogens is 138 g/mol. The van der Waals surface area contributed by atoms with Crippen molar-refractivity contribution in [1.82, 2.24) is 5.32 Å². The summed E-state index contributed by atoms with van der Waals surface area (Å²) >= 11 is 0. The largest absolute Gasteiger partial charge is 0.396 e. The van der Waals surface area contributed by atoms with E-state index >= 15 is 0 Å². The molecule has 0 radical (unpaired) electrons. The Kier molecular flexibility index (Phi) is 2.26. The second kappa shape index (κ2) is 2.76. The lowest BCUT2D eigenvalue weighted by atomic mass is 9.66. The monoisotopic (exact) mass is 157 g/mol. The van der Waals surface area contributed by atoms with Crippen LogP contribution in [0.2, 0.25) is 0 Å². The van der Waals surface area contributed by atoms with Gasteiger partial charge in [-0.05, 0) is 18.4 Å². The summed E-state index contributed by atoms with van der Waals surface area (Å²) in [5.41, 5.74) is 0.332. The molecule has 1 aliphatic heterocycles. The smallest absolute Gasteiger partial charge is 0.0505 e. The number of rotatable bonds is 1. The van der Waals surface area contributed by atoms with Crippen LogP contribution in [0.25, 0.3) is 0 Å². The minimum atomic E-state index is 0.118. The van der Waals surface area contributed by atoms with E-state index in [4.69, 9.17) is 0 Å². The fourth-order valence-corrected chi connectivity index (χ4v) is 1.76. The summed E-state index contributed by atoms with van der Waals surface area (Å²) in [7, 11) is 0. The highest BCUT2D eigenvalue weighted by atomic mass is 16.3. The summed E-state index contributed by atoms with van der Waals surface area (Å²) in [6.07, 6.45) is 1.10. The molecule has 0 amide bonds. The Bertz CT molecular complexity index is 131. The maximum atomic E-state index is 9.31. The first-order valence-electron chi connectivity index (χ1n) is 4.33. The van der Waals surface area contributed by atoms with Crippen LogP contribution in [-0.4, -0.2) is 24.8 Å². The molecule has 66 valence electrons. The van der Waals surface area contributed by atoms with Gasteiger partial charge in [0.15, 0.2) is 0 Å². The van der Waals surface area contributed by atoms with E-state index in [1.165, 1.54) is 0 Å². The van der Waals surface area contributed by atoms with E-state index in [2.05, 4.69) is 26.1 Å². The summed E-state index contributed by atoms with van der Waals surface area (Å²) in [4.78, 5) is 0. The summed E-state index contributed by atoms with van der Waals surface area (Å²) in [5, 5.41) is 12.6. The molecule has 0 spiro atoms. The molecule has 1 rings (SSSR count). The van der Waals surface area contributed by atoms with Gasteiger partial charge < -0.3 is 10.4 Å². The predicted octanol–water partition coefficient (Wildman–Crippen LogP) is 1.00.